The molecule has 0 aromatic carbocycles. The van der Waals surface area contributed by atoms with Crippen molar-refractivity contribution < 1.29 is 123 Å². The minimum atomic E-state index is -2.56. The molecule has 0 unspecified atom stereocenters. The molecular weight excluding hydrogens is 153 g/mol. The van der Waals surface area contributed by atoms with Gasteiger partial charge in [-0.25, -0.2) is 0 Å². The van der Waals surface area contributed by atoms with E-state index in [0.717, 1.165) is 0 Å². The largest absolute Gasteiger partial charge is 1.00 e. The van der Waals surface area contributed by atoms with Gasteiger partial charge >= 0.3 is 103 Å². The summed E-state index contributed by atoms with van der Waals surface area (Å²) in [6, 6.07) is 0. The van der Waals surface area contributed by atoms with E-state index in [9.17, 15) is 0 Å². The van der Waals surface area contributed by atoms with Gasteiger partial charge in [0, 0.05) is 0 Å². The summed E-state index contributed by atoms with van der Waals surface area (Å²) >= 11 is 0. The van der Waals surface area contributed by atoms with Crippen LogP contribution in [0.3, 0.4) is 0 Å². The predicted molar refractivity (Wildman–Crippen MR) is 9.47 cm³/mol. The minimum Gasteiger partial charge on any atom is -0.868 e. The van der Waals surface area contributed by atoms with Crippen LogP contribution in [0.25, 0.3) is 0 Å². The van der Waals surface area contributed by atoms with Crippen LogP contribution in [0, 0.1) is 0 Å². The second kappa shape index (κ2) is 11.9. The molecule has 0 aliphatic rings. The Kier molecular flexibility index (Phi) is 28.3. The molecule has 0 saturated carbocycles. The van der Waals surface area contributed by atoms with Crippen LogP contribution in [-0.2, 0) is 4.81 Å². The van der Waals surface area contributed by atoms with Gasteiger partial charge in [0.2, 0.25) is 0 Å². The van der Waals surface area contributed by atoms with E-state index < -0.39 is 7.32 Å². The molecule has 0 rings (SSSR count). The zero-order valence-corrected chi connectivity index (χ0v) is 10.5. The maximum Gasteiger partial charge on any atom is 1.00 e. The van der Waals surface area contributed by atoms with Crippen LogP contribution in [0.15, 0.2) is 0 Å². The second-order valence-electron chi connectivity index (χ2n) is 0.394. The molecule has 0 aliphatic carbocycles. The molecular formula is HBK2O4. The first-order chi connectivity index (χ1) is 2.27. The summed E-state index contributed by atoms with van der Waals surface area (Å²) in [5.41, 5.74) is 0. The van der Waals surface area contributed by atoms with Crippen LogP contribution in [0.4, 0.5) is 0 Å². The van der Waals surface area contributed by atoms with Crippen LogP contribution in [-0.4, -0.2) is 12.6 Å². The Labute approximate surface area is 127 Å². The summed E-state index contributed by atoms with van der Waals surface area (Å²) in [6.45, 7) is 0. The fourth-order valence-electron chi connectivity index (χ4n) is 0. The molecule has 7 heteroatoms. The Morgan fingerprint density at radius 1 is 1.29 bits per heavy atom. The molecule has 4 nitrogen and oxygen atoms in total. The van der Waals surface area contributed by atoms with E-state index in [1.165, 1.54) is 0 Å². The van der Waals surface area contributed by atoms with E-state index in [2.05, 4.69) is 4.81 Å². The number of hydrogen-bond donors (Lipinski definition) is 1. The average molecular weight is 154 g/mol. The minimum absolute atomic E-state index is 0. The normalized spacial score (nSPS) is 5.57. The van der Waals surface area contributed by atoms with Gasteiger partial charge in [-0.2, -0.15) is 0 Å². The van der Waals surface area contributed by atoms with Gasteiger partial charge in [-0.1, -0.05) is 0 Å². The molecule has 0 spiro atoms. The van der Waals surface area contributed by atoms with Crippen molar-refractivity contribution in [3.8, 4) is 0 Å². The standard InChI is InChI=1S/BHO4.2K/c2-1(3)5-4;;/h4H;;/q-2;2*+1. The van der Waals surface area contributed by atoms with Gasteiger partial charge in [0.25, 0.3) is 0 Å². The summed E-state index contributed by atoms with van der Waals surface area (Å²) in [5, 5.41) is 24.8. The van der Waals surface area contributed by atoms with Crippen molar-refractivity contribution in [1.29, 1.82) is 0 Å². The van der Waals surface area contributed by atoms with Crippen molar-refractivity contribution in [2.24, 2.45) is 0 Å². The molecule has 0 aromatic heterocycles. The average Bonchev–Trinajstić information content (AvgIpc) is 1.38. The van der Waals surface area contributed by atoms with E-state index in [-0.39, 0.29) is 103 Å². The van der Waals surface area contributed by atoms with Gasteiger partial charge in [-0.15, -0.1) is 0 Å². The topological polar surface area (TPSA) is 75.6 Å². The van der Waals surface area contributed by atoms with E-state index >= 15 is 0 Å². The zero-order chi connectivity index (χ0) is 4.28. The molecule has 0 bridgehead atoms. The molecule has 0 heterocycles. The summed E-state index contributed by atoms with van der Waals surface area (Å²) < 4.78 is 0. The fraction of sp³-hybridized carbons (Fsp3) is 0. The third-order valence-corrected chi connectivity index (χ3v) is 0.0861. The molecule has 0 saturated heterocycles. The summed E-state index contributed by atoms with van der Waals surface area (Å²) in [6.07, 6.45) is 0. The molecule has 0 amide bonds. The molecule has 0 aromatic rings. The molecule has 30 valence electrons. The van der Waals surface area contributed by atoms with Crippen molar-refractivity contribution in [3.05, 3.63) is 0 Å². The van der Waals surface area contributed by atoms with Crippen molar-refractivity contribution in [3.63, 3.8) is 0 Å². The molecule has 0 atom stereocenters. The number of rotatable bonds is 1. The van der Waals surface area contributed by atoms with Crippen molar-refractivity contribution in [1.82, 2.24) is 0 Å². The first-order valence-electron chi connectivity index (χ1n) is 0.890. The summed E-state index contributed by atoms with van der Waals surface area (Å²) in [4.78, 5) is 2.64. The molecule has 7 heavy (non-hydrogen) atoms. The van der Waals surface area contributed by atoms with E-state index in [0.29, 0.717) is 0 Å². The Hall–Kier alpha value is 3.18. The van der Waals surface area contributed by atoms with Crippen molar-refractivity contribution in [2.75, 3.05) is 0 Å². The Morgan fingerprint density at radius 3 is 1.43 bits per heavy atom. The van der Waals surface area contributed by atoms with E-state index in [4.69, 9.17) is 15.3 Å². The van der Waals surface area contributed by atoms with Crippen LogP contribution in [0.2, 0.25) is 0 Å². The van der Waals surface area contributed by atoms with Gasteiger partial charge in [0.15, 0.2) is 0 Å². The first-order valence-corrected chi connectivity index (χ1v) is 0.890. The third-order valence-electron chi connectivity index (χ3n) is 0.0861. The van der Waals surface area contributed by atoms with Gasteiger partial charge in [-0.05, 0) is 0 Å². The van der Waals surface area contributed by atoms with Crippen molar-refractivity contribution in [2.45, 2.75) is 0 Å². The van der Waals surface area contributed by atoms with Gasteiger partial charge < -0.3 is 14.9 Å². The quantitative estimate of drug-likeness (QED) is 0.231. The van der Waals surface area contributed by atoms with E-state index in [1.807, 2.05) is 0 Å². The fourth-order valence-corrected chi connectivity index (χ4v) is 0. The first kappa shape index (κ1) is 16.6. The van der Waals surface area contributed by atoms with Gasteiger partial charge in [0.05, 0.1) is 0 Å². The molecule has 0 fully saturated rings. The SMILES string of the molecule is [K+].[K+].[O-]B([O-])OO. The second-order valence-corrected chi connectivity index (χ2v) is 0.394. The monoisotopic (exact) mass is 154 g/mol. The Bertz CT molecular complexity index is 23.7. The van der Waals surface area contributed by atoms with Crippen LogP contribution in [0.1, 0.15) is 0 Å². The summed E-state index contributed by atoms with van der Waals surface area (Å²) in [5.74, 6) is 0. The molecule has 1 N–H and O–H groups in total. The van der Waals surface area contributed by atoms with Gasteiger partial charge in [0.1, 0.15) is 7.32 Å². The van der Waals surface area contributed by atoms with Gasteiger partial charge in [-0.3, -0.25) is 5.26 Å². The maximum absolute atomic E-state index is 8.87. The Balaban J connectivity index is -0.0000000800. The molecule has 0 radical (unpaired) electrons. The molecule has 0 aliphatic heterocycles. The van der Waals surface area contributed by atoms with Crippen LogP contribution in [0.5, 0.6) is 0 Å². The van der Waals surface area contributed by atoms with E-state index in [1.54, 1.807) is 0 Å². The summed E-state index contributed by atoms with van der Waals surface area (Å²) in [7, 11) is -2.56. The predicted octanol–water partition coefficient (Wildman–Crippen LogP) is -8.81. The maximum atomic E-state index is 8.87. The van der Waals surface area contributed by atoms with Crippen LogP contribution >= 0.6 is 0 Å². The third kappa shape index (κ3) is 17.6. The zero-order valence-electron chi connectivity index (χ0n) is 4.25. The van der Waals surface area contributed by atoms with Crippen molar-refractivity contribution >= 4 is 7.32 Å². The smallest absolute Gasteiger partial charge is 0.868 e. The number of hydrogen-bond acceptors (Lipinski definition) is 4. The van der Waals surface area contributed by atoms with Crippen LogP contribution < -0.4 is 113 Å². The Morgan fingerprint density at radius 2 is 1.43 bits per heavy atom.